The molecule has 0 saturated carbocycles. The quantitative estimate of drug-likeness (QED) is 0.165. The summed E-state index contributed by atoms with van der Waals surface area (Å²) in [6.45, 7) is 0. The molecule has 0 saturated heterocycles. The summed E-state index contributed by atoms with van der Waals surface area (Å²) in [7, 11) is 4.38. The van der Waals surface area contributed by atoms with Gasteiger partial charge in [0, 0.05) is 21.2 Å². The topological polar surface area (TPSA) is 71.1 Å². The van der Waals surface area contributed by atoms with Gasteiger partial charge in [-0.3, -0.25) is 4.79 Å². The van der Waals surface area contributed by atoms with Gasteiger partial charge < -0.3 is 18.9 Å². The van der Waals surface area contributed by atoms with Crippen LogP contribution in [0.15, 0.2) is 60.7 Å². The van der Waals surface area contributed by atoms with Crippen LogP contribution in [-0.4, -0.2) is 33.1 Å². The van der Waals surface area contributed by atoms with Gasteiger partial charge in [0.2, 0.25) is 5.75 Å². The molecular weight excluding hydrogens is 467 g/mol. The summed E-state index contributed by atoms with van der Waals surface area (Å²) in [4.78, 5) is 25.1. The van der Waals surface area contributed by atoms with E-state index in [9.17, 15) is 9.59 Å². The van der Waals surface area contributed by atoms with Gasteiger partial charge in [-0.2, -0.15) is 0 Å². The Kier molecular flexibility index (Phi) is 7.98. The maximum Gasteiger partial charge on any atom is 0.343 e. The van der Waals surface area contributed by atoms with Crippen LogP contribution >= 0.6 is 23.2 Å². The van der Waals surface area contributed by atoms with E-state index < -0.39 is 5.97 Å². The molecule has 0 unspecified atom stereocenters. The molecule has 0 atom stereocenters. The van der Waals surface area contributed by atoms with E-state index in [4.69, 9.17) is 42.1 Å². The van der Waals surface area contributed by atoms with Crippen molar-refractivity contribution in [2.75, 3.05) is 21.3 Å². The number of hydrogen-bond donors (Lipinski definition) is 0. The van der Waals surface area contributed by atoms with Gasteiger partial charge in [0.25, 0.3) is 0 Å². The smallest absolute Gasteiger partial charge is 0.343 e. The van der Waals surface area contributed by atoms with Crippen LogP contribution in [0.3, 0.4) is 0 Å². The first-order chi connectivity index (χ1) is 15.9. The van der Waals surface area contributed by atoms with Gasteiger partial charge in [-0.05, 0) is 60.7 Å². The summed E-state index contributed by atoms with van der Waals surface area (Å²) in [6.07, 6.45) is 2.94. The molecule has 0 amide bonds. The Morgan fingerprint density at radius 1 is 0.788 bits per heavy atom. The lowest BCUT2D eigenvalue weighted by atomic mass is 10.1. The van der Waals surface area contributed by atoms with Crippen molar-refractivity contribution in [2.24, 2.45) is 0 Å². The summed E-state index contributed by atoms with van der Waals surface area (Å²) < 4.78 is 21.2. The Morgan fingerprint density at radius 2 is 1.36 bits per heavy atom. The molecule has 3 rings (SSSR count). The maximum atomic E-state index is 12.6. The summed E-state index contributed by atoms with van der Waals surface area (Å²) in [5.74, 6) is 0.411. The summed E-state index contributed by atoms with van der Waals surface area (Å²) in [5.41, 5.74) is 1.18. The number of benzene rings is 3. The molecule has 6 nitrogen and oxygen atoms in total. The number of ether oxygens (including phenoxy) is 4. The van der Waals surface area contributed by atoms with Crippen molar-refractivity contribution in [1.82, 2.24) is 0 Å². The SMILES string of the molecule is COc1cc(C(=O)Oc2ccc(C(=O)/C=C/c3c(Cl)cccc3Cl)cc2)cc(OC)c1OC. The molecule has 8 heteroatoms. The highest BCUT2D eigenvalue weighted by atomic mass is 35.5. The van der Waals surface area contributed by atoms with E-state index in [1.165, 1.54) is 51.7 Å². The molecule has 0 fully saturated rings. The lowest BCUT2D eigenvalue weighted by Gasteiger charge is -2.13. The molecule has 0 aliphatic heterocycles. The molecular formula is C25H20Cl2O6. The van der Waals surface area contributed by atoms with Crippen molar-refractivity contribution < 1.29 is 28.5 Å². The molecule has 170 valence electrons. The monoisotopic (exact) mass is 486 g/mol. The second kappa shape index (κ2) is 10.9. The number of esters is 1. The molecule has 0 aliphatic carbocycles. The molecule has 33 heavy (non-hydrogen) atoms. The highest BCUT2D eigenvalue weighted by molar-refractivity contribution is 6.37. The molecule has 0 N–H and O–H groups in total. The van der Waals surface area contributed by atoms with Crippen molar-refractivity contribution in [3.63, 3.8) is 0 Å². The highest BCUT2D eigenvalue weighted by Crippen LogP contribution is 2.38. The standard InChI is InChI=1S/C25H20Cl2O6/c1-30-22-13-16(14-23(31-2)24(22)32-3)25(29)33-17-9-7-15(8-10-17)21(28)12-11-18-19(26)5-4-6-20(18)27/h4-14H,1-3H3/b12-11+. The van der Waals surface area contributed by atoms with Crippen LogP contribution in [-0.2, 0) is 0 Å². The Balaban J connectivity index is 1.74. The van der Waals surface area contributed by atoms with Crippen molar-refractivity contribution in [2.45, 2.75) is 0 Å². The number of methoxy groups -OCH3 is 3. The maximum absolute atomic E-state index is 12.6. The molecule has 3 aromatic rings. The van der Waals surface area contributed by atoms with Crippen LogP contribution in [0.4, 0.5) is 0 Å². The van der Waals surface area contributed by atoms with Gasteiger partial charge in [-0.25, -0.2) is 4.79 Å². The average molecular weight is 487 g/mol. The van der Waals surface area contributed by atoms with E-state index in [0.717, 1.165) is 0 Å². The normalized spacial score (nSPS) is 10.7. The van der Waals surface area contributed by atoms with Gasteiger partial charge in [-0.1, -0.05) is 29.3 Å². The van der Waals surface area contributed by atoms with Gasteiger partial charge in [0.15, 0.2) is 17.3 Å². The Morgan fingerprint density at radius 3 is 1.88 bits per heavy atom. The second-order valence-corrected chi connectivity index (χ2v) is 7.48. The van der Waals surface area contributed by atoms with E-state index in [1.54, 1.807) is 36.4 Å². The predicted molar refractivity (Wildman–Crippen MR) is 127 cm³/mol. The first kappa shape index (κ1) is 24.2. The second-order valence-electron chi connectivity index (χ2n) is 6.66. The minimum absolute atomic E-state index is 0.212. The third-order valence-corrected chi connectivity index (χ3v) is 5.31. The van der Waals surface area contributed by atoms with Gasteiger partial charge >= 0.3 is 5.97 Å². The molecule has 0 aromatic heterocycles. The molecule has 3 aromatic carbocycles. The lowest BCUT2D eigenvalue weighted by molar-refractivity contribution is 0.0733. The zero-order chi connectivity index (χ0) is 24.0. The molecule has 0 spiro atoms. The molecule has 0 radical (unpaired) electrons. The zero-order valence-corrected chi connectivity index (χ0v) is 19.6. The number of carbonyl (C=O) groups is 2. The van der Waals surface area contributed by atoms with Crippen molar-refractivity contribution in [3.8, 4) is 23.0 Å². The van der Waals surface area contributed by atoms with Crippen LogP contribution < -0.4 is 18.9 Å². The average Bonchev–Trinajstić information content (AvgIpc) is 2.82. The summed E-state index contributed by atoms with van der Waals surface area (Å²) in [5, 5.41) is 0.890. The van der Waals surface area contributed by atoms with Crippen LogP contribution in [0.25, 0.3) is 6.08 Å². The number of allylic oxidation sites excluding steroid dienone is 1. The van der Waals surface area contributed by atoms with E-state index >= 15 is 0 Å². The number of rotatable bonds is 8. The number of halogens is 2. The van der Waals surface area contributed by atoms with E-state index in [0.29, 0.717) is 38.4 Å². The molecule has 0 heterocycles. The van der Waals surface area contributed by atoms with E-state index in [2.05, 4.69) is 0 Å². The minimum Gasteiger partial charge on any atom is -0.493 e. The third-order valence-electron chi connectivity index (χ3n) is 4.65. The third kappa shape index (κ3) is 5.66. The van der Waals surface area contributed by atoms with Crippen molar-refractivity contribution in [3.05, 3.63) is 87.4 Å². The van der Waals surface area contributed by atoms with Crippen LogP contribution in [0, 0.1) is 0 Å². The van der Waals surface area contributed by atoms with Crippen LogP contribution in [0.5, 0.6) is 23.0 Å². The number of ketones is 1. The van der Waals surface area contributed by atoms with Crippen molar-refractivity contribution in [1.29, 1.82) is 0 Å². The number of carbonyl (C=O) groups excluding carboxylic acids is 2. The first-order valence-corrected chi connectivity index (χ1v) is 10.4. The fraction of sp³-hybridized carbons (Fsp3) is 0.120. The van der Waals surface area contributed by atoms with Gasteiger partial charge in [0.1, 0.15) is 5.75 Å². The van der Waals surface area contributed by atoms with Gasteiger partial charge in [0.05, 0.1) is 26.9 Å². The van der Waals surface area contributed by atoms with Crippen LogP contribution in [0.2, 0.25) is 10.0 Å². The van der Waals surface area contributed by atoms with Crippen LogP contribution in [0.1, 0.15) is 26.3 Å². The van der Waals surface area contributed by atoms with Crippen molar-refractivity contribution >= 4 is 41.0 Å². The van der Waals surface area contributed by atoms with E-state index in [-0.39, 0.29) is 17.1 Å². The first-order valence-electron chi connectivity index (χ1n) is 9.66. The summed E-state index contributed by atoms with van der Waals surface area (Å²) in [6, 6.07) is 14.3. The number of hydrogen-bond acceptors (Lipinski definition) is 6. The molecule has 0 bridgehead atoms. The van der Waals surface area contributed by atoms with Gasteiger partial charge in [-0.15, -0.1) is 0 Å². The molecule has 0 aliphatic rings. The highest BCUT2D eigenvalue weighted by Gasteiger charge is 2.18. The fourth-order valence-electron chi connectivity index (χ4n) is 2.98. The Labute approximate surface area is 201 Å². The van der Waals surface area contributed by atoms with E-state index in [1.807, 2.05) is 0 Å². The Bertz CT molecular complexity index is 1160. The fourth-order valence-corrected chi connectivity index (χ4v) is 3.50. The summed E-state index contributed by atoms with van der Waals surface area (Å²) >= 11 is 12.2. The zero-order valence-electron chi connectivity index (χ0n) is 18.1. The largest absolute Gasteiger partial charge is 0.493 e. The minimum atomic E-state index is -0.624. The lowest BCUT2D eigenvalue weighted by Crippen LogP contribution is -2.10. The predicted octanol–water partition coefficient (Wildman–Crippen LogP) is 6.13. The Hall–Kier alpha value is -3.48.